The van der Waals surface area contributed by atoms with Gasteiger partial charge in [-0.2, -0.15) is 8.75 Å². The van der Waals surface area contributed by atoms with Gasteiger partial charge in [0.1, 0.15) is 50.2 Å². The molecular formula is C110H112N4O6S5Si2. The number of rotatable bonds is 35. The second kappa shape index (κ2) is 35.8. The van der Waals surface area contributed by atoms with E-state index < -0.39 is 39.8 Å². The lowest BCUT2D eigenvalue weighted by molar-refractivity contribution is 0.0877. The standard InChI is InChI=1S/C110H112N4O6S5Si2/c1-13-22-27-68(18-6)61-126(62-69(19-7)28-23-14-2)91-55-77(26-17-5)121-103(91)105-93(126)59-89(123-105)79-49-50-80(102-101(79)111-125-112-102)90-60-94-106(124-90)104-92(127(94,63-70(20-8)29-24-15-3)64-71(21-9)30-25-16-4)56-78(122-104)48-39-72-37-42-74(43-38-72)114-108(116)84-54-52-82-97-87(119-75-44-33-66(11)34-45-75)57-85-95-83(107(115)113(109(85)117)73-40-31-65(10)32-41-73)53-51-81(99(95)97)98-88(120-76-46-35-67(12)36-47-76)58-86(110(114)118)96(84)100(82)98/h17,26,31-60,68-71H,13-16,18-25,27-30,61-64H2,1-12H3/b26-17+,48-39+. The maximum Gasteiger partial charge on any atom is 0.266 e. The van der Waals surface area contributed by atoms with E-state index in [1.165, 1.54) is 189 Å². The molecule has 4 aliphatic heterocycles. The quantitative estimate of drug-likeness (QED) is 0.0167. The minimum atomic E-state index is -2.48. The first-order chi connectivity index (χ1) is 61.9. The van der Waals surface area contributed by atoms with Gasteiger partial charge in [-0.3, -0.25) is 19.2 Å². The summed E-state index contributed by atoms with van der Waals surface area (Å²) >= 11 is 9.41. The average molecular weight is 1800 g/mol. The van der Waals surface area contributed by atoms with Crippen molar-refractivity contribution in [1.29, 1.82) is 0 Å². The van der Waals surface area contributed by atoms with Gasteiger partial charge in [-0.15, -0.1) is 45.3 Å². The summed E-state index contributed by atoms with van der Waals surface area (Å²) in [4.78, 5) is 75.8. The fourth-order valence-corrected chi connectivity index (χ4v) is 43.1. The van der Waals surface area contributed by atoms with E-state index in [0.29, 0.717) is 112 Å². The van der Waals surface area contributed by atoms with Crippen LogP contribution in [0.1, 0.15) is 238 Å². The van der Waals surface area contributed by atoms with Crippen LogP contribution in [0.3, 0.4) is 0 Å². The number of aromatic nitrogens is 2. The molecule has 19 rings (SSSR count). The van der Waals surface area contributed by atoms with Gasteiger partial charge in [-0.25, -0.2) is 9.80 Å². The minimum Gasteiger partial charge on any atom is -0.457 e. The van der Waals surface area contributed by atoms with E-state index in [2.05, 4.69) is 123 Å². The monoisotopic (exact) mass is 1800 g/mol. The number of amides is 4. The van der Waals surface area contributed by atoms with Crippen molar-refractivity contribution in [2.45, 2.75) is 210 Å². The second-order valence-corrected chi connectivity index (χ2v) is 49.6. The number of nitrogens with zero attached hydrogens (tertiary/aromatic N) is 4. The lowest BCUT2D eigenvalue weighted by Crippen LogP contribution is -2.56. The Bertz CT molecular complexity index is 6810. The third kappa shape index (κ3) is 15.2. The molecule has 15 aromatic rings. The largest absolute Gasteiger partial charge is 0.457 e. The maximum absolute atomic E-state index is 15.9. The van der Waals surface area contributed by atoms with Crippen molar-refractivity contribution >= 4 is 201 Å². The molecule has 4 aliphatic rings. The predicted molar refractivity (Wildman–Crippen MR) is 547 cm³/mol. The highest BCUT2D eigenvalue weighted by atomic mass is 32.1. The molecule has 0 N–H and O–H groups in total. The number of imide groups is 2. The molecule has 0 bridgehead atoms. The molecule has 17 heteroatoms. The van der Waals surface area contributed by atoms with E-state index >= 15 is 19.2 Å². The normalized spacial score (nSPS) is 16.9. The summed E-state index contributed by atoms with van der Waals surface area (Å²) in [5.74, 6) is 2.64. The van der Waals surface area contributed by atoms with Crippen LogP contribution in [0.4, 0.5) is 11.4 Å². The molecule has 127 heavy (non-hydrogen) atoms. The molecule has 646 valence electrons. The Kier molecular flexibility index (Phi) is 24.3. The van der Waals surface area contributed by atoms with Gasteiger partial charge in [0.25, 0.3) is 23.6 Å². The van der Waals surface area contributed by atoms with Crippen LogP contribution in [-0.2, 0) is 0 Å². The predicted octanol–water partition coefficient (Wildman–Crippen LogP) is 30.6. The van der Waals surface area contributed by atoms with E-state index in [9.17, 15) is 0 Å². The van der Waals surface area contributed by atoms with Crippen molar-refractivity contribution in [3.8, 4) is 63.4 Å². The molecular weight excluding hydrogens is 1690 g/mol. The highest BCUT2D eigenvalue weighted by molar-refractivity contribution is 7.32. The number of hydrogen-bond donors (Lipinski definition) is 0. The Labute approximate surface area is 769 Å². The van der Waals surface area contributed by atoms with E-state index in [4.69, 9.17) is 18.2 Å². The Morgan fingerprint density at radius 3 is 1.09 bits per heavy atom. The first-order valence-electron chi connectivity index (χ1n) is 46.7. The number of carbonyl (C=O) groups is 4. The zero-order valence-electron chi connectivity index (χ0n) is 75.2. The first-order valence-corrected chi connectivity index (χ1v) is 55.6. The van der Waals surface area contributed by atoms with Gasteiger partial charge in [-0.05, 0) is 222 Å². The van der Waals surface area contributed by atoms with Crippen molar-refractivity contribution in [2.75, 3.05) is 9.80 Å². The summed E-state index contributed by atoms with van der Waals surface area (Å²) in [6, 6.07) is 62.4. The lowest BCUT2D eigenvalue weighted by Gasteiger charge is -2.35. The van der Waals surface area contributed by atoms with Crippen LogP contribution >= 0.6 is 57.1 Å². The average Bonchev–Trinajstić information content (AvgIpc) is 1.62. The van der Waals surface area contributed by atoms with Crippen molar-refractivity contribution in [3.05, 3.63) is 230 Å². The zero-order valence-corrected chi connectivity index (χ0v) is 81.3. The lowest BCUT2D eigenvalue weighted by atomic mass is 9.81. The molecule has 5 aromatic heterocycles. The number of carbonyl (C=O) groups excluding carboxylic acids is 4. The van der Waals surface area contributed by atoms with Crippen LogP contribution in [0.2, 0.25) is 24.2 Å². The van der Waals surface area contributed by atoms with E-state index in [1.807, 2.05) is 169 Å². The topological polar surface area (TPSA) is 119 Å². The van der Waals surface area contributed by atoms with Gasteiger partial charge < -0.3 is 9.47 Å². The summed E-state index contributed by atoms with van der Waals surface area (Å²) in [6.07, 6.45) is 29.0. The van der Waals surface area contributed by atoms with Crippen LogP contribution in [0.25, 0.3) is 113 Å². The van der Waals surface area contributed by atoms with Gasteiger partial charge >= 0.3 is 0 Å². The fraction of sp³-hybridized carbons (Fsp3) is 0.327. The molecule has 9 heterocycles. The molecule has 10 nitrogen and oxygen atoms in total. The number of hydrogen-bond acceptors (Lipinski definition) is 13. The van der Waals surface area contributed by atoms with Gasteiger partial charge in [0.2, 0.25) is 0 Å². The molecule has 0 saturated heterocycles. The summed E-state index contributed by atoms with van der Waals surface area (Å²) in [7, 11) is -4.72. The molecule has 0 aliphatic carbocycles. The third-order valence-corrected chi connectivity index (χ3v) is 45.5. The van der Waals surface area contributed by atoms with Gasteiger partial charge in [-0.1, -0.05) is 260 Å². The van der Waals surface area contributed by atoms with Crippen molar-refractivity contribution in [1.82, 2.24) is 8.75 Å². The van der Waals surface area contributed by atoms with Gasteiger partial charge in [0, 0.05) is 93.6 Å². The molecule has 0 saturated carbocycles. The van der Waals surface area contributed by atoms with Crippen LogP contribution in [0.15, 0.2) is 176 Å². The molecule has 10 aromatic carbocycles. The van der Waals surface area contributed by atoms with Crippen LogP contribution in [-0.4, -0.2) is 48.5 Å². The van der Waals surface area contributed by atoms with E-state index in [-0.39, 0.29) is 0 Å². The SMILES string of the molecule is C/C=C/c1cc2c(s1)-c1sc(-c3ccc(-c4cc5c(s4)-c4sc(/C=C/c6ccc(N7C(=O)c8ccc9c%10c(Oc%11ccc(C)cc%11)cc%11c%12c(ccc(c%13c(Oc%14ccc(C)cc%14)cc(c8c9%13)C7=O)c%12%10)C(=O)N(c7ccc(C)cc7)C%11=O)cc6)cc4[Si]5(CC(CC)CCCC)CC(CC)CCCC)c4nsnc34)cc1[Si]2(CC(CC)CCCC)CC(CC)CCCC. The van der Waals surface area contributed by atoms with E-state index in [0.717, 1.165) is 45.1 Å². The number of aryl methyl sites for hydroxylation is 3. The Morgan fingerprint density at radius 2 is 0.709 bits per heavy atom. The molecule has 4 amide bonds. The molecule has 4 unspecified atom stereocenters. The smallest absolute Gasteiger partial charge is 0.266 e. The van der Waals surface area contributed by atoms with Gasteiger partial charge in [0.15, 0.2) is 0 Å². The Morgan fingerprint density at radius 1 is 0.362 bits per heavy atom. The summed E-state index contributed by atoms with van der Waals surface area (Å²) in [6.45, 7) is 27.4. The van der Waals surface area contributed by atoms with Gasteiger partial charge in [0.05, 0.1) is 34.2 Å². The molecule has 0 spiro atoms. The highest BCUT2D eigenvalue weighted by Crippen LogP contribution is 2.56. The third-order valence-electron chi connectivity index (χ3n) is 28.6. The minimum absolute atomic E-state index is 0.298. The number of allylic oxidation sites excluding steroid dienone is 1. The zero-order chi connectivity index (χ0) is 87.8. The number of anilines is 2. The van der Waals surface area contributed by atoms with Crippen molar-refractivity contribution in [3.63, 3.8) is 0 Å². The summed E-state index contributed by atoms with van der Waals surface area (Å²) < 4.78 is 24.7. The van der Waals surface area contributed by atoms with Crippen molar-refractivity contribution < 1.29 is 28.7 Å². The number of benzene rings is 10. The Balaban J connectivity index is 0.686. The first kappa shape index (κ1) is 86.3. The highest BCUT2D eigenvalue weighted by Gasteiger charge is 2.53. The van der Waals surface area contributed by atoms with Crippen LogP contribution < -0.4 is 40.0 Å². The summed E-state index contributed by atoms with van der Waals surface area (Å²) in [5, 5.41) is 11.5. The van der Waals surface area contributed by atoms with Crippen LogP contribution in [0, 0.1) is 44.4 Å². The van der Waals surface area contributed by atoms with Crippen LogP contribution in [0.5, 0.6) is 23.0 Å². The Hall–Kier alpha value is -10.1. The molecule has 0 fully saturated rings. The molecule has 4 atom stereocenters. The number of ether oxygens (including phenoxy) is 2. The second-order valence-electron chi connectivity index (χ2n) is 36.7. The fourth-order valence-electron chi connectivity index (χ4n) is 21.7. The number of unbranched alkanes of at least 4 members (excludes halogenated alkanes) is 4. The van der Waals surface area contributed by atoms with Crippen molar-refractivity contribution in [2.24, 2.45) is 23.7 Å². The number of thiophene rings is 4. The molecule has 0 radical (unpaired) electrons. The maximum atomic E-state index is 15.9. The number of fused-ring (bicyclic) bond motifs is 9. The van der Waals surface area contributed by atoms with E-state index in [1.54, 1.807) is 60.8 Å². The summed E-state index contributed by atoms with van der Waals surface area (Å²) in [5.41, 5.74) is 10.7.